The van der Waals surface area contributed by atoms with Gasteiger partial charge >= 0.3 is 0 Å². The Morgan fingerprint density at radius 1 is 1.08 bits per heavy atom. The van der Waals surface area contributed by atoms with Gasteiger partial charge in [-0.1, -0.05) is 42.1 Å². The van der Waals surface area contributed by atoms with E-state index in [1.54, 1.807) is 25.1 Å². The molecule has 202 valence electrons. The molecule has 3 rings (SSSR count). The van der Waals surface area contributed by atoms with Gasteiger partial charge in [-0.3, -0.25) is 13.9 Å². The number of carbonyl (C=O) groups excluding carboxylic acids is 2. The van der Waals surface area contributed by atoms with Crippen molar-refractivity contribution in [1.29, 1.82) is 0 Å². The Morgan fingerprint density at radius 3 is 2.32 bits per heavy atom. The van der Waals surface area contributed by atoms with E-state index in [4.69, 9.17) is 23.2 Å². The molecular weight excluding hydrogens is 540 g/mol. The fourth-order valence-electron chi connectivity index (χ4n) is 4.42. The Balaban J connectivity index is 1.73. The van der Waals surface area contributed by atoms with E-state index in [1.807, 2.05) is 0 Å². The minimum atomic E-state index is -3.65. The molecule has 37 heavy (non-hydrogen) atoms. The van der Waals surface area contributed by atoms with Gasteiger partial charge in [0.25, 0.3) is 0 Å². The summed E-state index contributed by atoms with van der Waals surface area (Å²) in [6.07, 6.45) is 5.25. The van der Waals surface area contributed by atoms with E-state index in [0.717, 1.165) is 36.2 Å². The zero-order chi connectivity index (χ0) is 27.2. The van der Waals surface area contributed by atoms with Gasteiger partial charge in [-0.2, -0.15) is 0 Å². The molecule has 0 aliphatic heterocycles. The van der Waals surface area contributed by atoms with E-state index < -0.39 is 21.9 Å². The second kappa shape index (κ2) is 12.9. The van der Waals surface area contributed by atoms with Crippen LogP contribution in [0.3, 0.4) is 0 Å². The van der Waals surface area contributed by atoms with Crippen LogP contribution in [0.4, 0.5) is 10.1 Å². The first-order valence-corrected chi connectivity index (χ1v) is 14.8. The molecule has 1 aliphatic rings. The third kappa shape index (κ3) is 8.32. The van der Waals surface area contributed by atoms with Crippen LogP contribution < -0.4 is 9.62 Å². The monoisotopic (exact) mass is 571 g/mol. The summed E-state index contributed by atoms with van der Waals surface area (Å²) in [5, 5.41) is 3.77. The van der Waals surface area contributed by atoms with E-state index in [2.05, 4.69) is 5.32 Å². The van der Waals surface area contributed by atoms with Crippen LogP contribution in [0.15, 0.2) is 42.5 Å². The van der Waals surface area contributed by atoms with Crippen molar-refractivity contribution in [2.75, 3.05) is 17.1 Å². The van der Waals surface area contributed by atoms with Gasteiger partial charge in [-0.15, -0.1) is 0 Å². The van der Waals surface area contributed by atoms with Crippen LogP contribution in [0.1, 0.15) is 51.0 Å². The largest absolute Gasteiger partial charge is 0.352 e. The highest BCUT2D eigenvalue weighted by atomic mass is 35.5. The van der Waals surface area contributed by atoms with Crippen molar-refractivity contribution in [1.82, 2.24) is 10.2 Å². The third-order valence-electron chi connectivity index (χ3n) is 6.47. The quantitative estimate of drug-likeness (QED) is 0.404. The summed E-state index contributed by atoms with van der Waals surface area (Å²) in [5.41, 5.74) is 1.03. The topological polar surface area (TPSA) is 86.8 Å². The molecule has 11 heteroatoms. The average Bonchev–Trinajstić information content (AvgIpc) is 3.35. The molecule has 0 aromatic heterocycles. The van der Waals surface area contributed by atoms with Gasteiger partial charge < -0.3 is 10.2 Å². The number of halogens is 3. The fraction of sp³-hybridized carbons (Fsp3) is 0.462. The molecule has 1 unspecified atom stereocenters. The highest BCUT2D eigenvalue weighted by Crippen LogP contribution is 2.25. The Morgan fingerprint density at radius 2 is 1.73 bits per heavy atom. The summed E-state index contributed by atoms with van der Waals surface area (Å²) in [6, 6.07) is 9.53. The summed E-state index contributed by atoms with van der Waals surface area (Å²) in [7, 11) is -3.65. The van der Waals surface area contributed by atoms with E-state index in [-0.39, 0.29) is 43.8 Å². The van der Waals surface area contributed by atoms with Crippen molar-refractivity contribution in [3.63, 3.8) is 0 Å². The Labute approximate surface area is 228 Å². The summed E-state index contributed by atoms with van der Waals surface area (Å²) in [4.78, 5) is 27.9. The Bertz CT molecular complexity index is 1200. The second-order valence-corrected chi connectivity index (χ2v) is 12.1. The average molecular weight is 573 g/mol. The third-order valence-corrected chi connectivity index (χ3v) is 8.41. The van der Waals surface area contributed by atoms with Crippen molar-refractivity contribution >= 4 is 50.7 Å². The van der Waals surface area contributed by atoms with Gasteiger partial charge in [0.1, 0.15) is 11.9 Å². The minimum absolute atomic E-state index is 0.00951. The predicted molar refractivity (Wildman–Crippen MR) is 145 cm³/mol. The molecule has 0 spiro atoms. The highest BCUT2D eigenvalue weighted by Gasteiger charge is 2.29. The van der Waals surface area contributed by atoms with E-state index >= 15 is 0 Å². The van der Waals surface area contributed by atoms with Gasteiger partial charge in [0.05, 0.1) is 22.0 Å². The van der Waals surface area contributed by atoms with Crippen LogP contribution in [0, 0.1) is 5.82 Å². The van der Waals surface area contributed by atoms with Gasteiger partial charge in [0.2, 0.25) is 21.8 Å². The van der Waals surface area contributed by atoms with Crippen molar-refractivity contribution in [2.24, 2.45) is 0 Å². The number of rotatable bonds is 11. The van der Waals surface area contributed by atoms with Crippen LogP contribution in [-0.4, -0.2) is 50.0 Å². The van der Waals surface area contributed by atoms with E-state index in [0.29, 0.717) is 21.3 Å². The summed E-state index contributed by atoms with van der Waals surface area (Å²) >= 11 is 12.2. The smallest absolute Gasteiger partial charge is 0.242 e. The van der Waals surface area contributed by atoms with Gasteiger partial charge in [0, 0.05) is 25.6 Å². The van der Waals surface area contributed by atoms with Crippen molar-refractivity contribution < 1.29 is 22.4 Å². The van der Waals surface area contributed by atoms with Crippen molar-refractivity contribution in [3.05, 3.63) is 63.9 Å². The number of hydrogen-bond acceptors (Lipinski definition) is 4. The standard InChI is InChI=1S/C26H32Cl2FN3O4S/c1-18(26(34)30-21-6-3-4-7-21)31(17-19-9-14-23(27)24(28)16-19)25(33)8-5-15-32(37(2,35)36)22-12-10-20(29)11-13-22/h9-14,16,18,21H,3-8,15,17H2,1-2H3,(H,30,34). The Hall–Kier alpha value is -2.36. The number of hydrogen-bond donors (Lipinski definition) is 1. The van der Waals surface area contributed by atoms with Crippen LogP contribution in [-0.2, 0) is 26.2 Å². The maximum atomic E-state index is 13.4. The molecule has 0 heterocycles. The molecule has 1 aliphatic carbocycles. The molecular formula is C26H32Cl2FN3O4S. The second-order valence-electron chi connectivity index (χ2n) is 9.35. The Kier molecular flexibility index (Phi) is 10.2. The summed E-state index contributed by atoms with van der Waals surface area (Å²) in [5.74, 6) is -1.01. The molecule has 2 aromatic carbocycles. The highest BCUT2D eigenvalue weighted by molar-refractivity contribution is 7.92. The number of nitrogens with one attached hydrogen (secondary N) is 1. The first-order valence-electron chi connectivity index (χ1n) is 12.2. The fourth-order valence-corrected chi connectivity index (χ4v) is 5.71. The van der Waals surface area contributed by atoms with Gasteiger partial charge in [-0.05, 0) is 68.1 Å². The van der Waals surface area contributed by atoms with Crippen LogP contribution in [0.25, 0.3) is 0 Å². The maximum Gasteiger partial charge on any atom is 0.242 e. The lowest BCUT2D eigenvalue weighted by atomic mass is 10.1. The minimum Gasteiger partial charge on any atom is -0.352 e. The number of sulfonamides is 1. The lowest BCUT2D eigenvalue weighted by Gasteiger charge is -2.30. The molecule has 0 bridgehead atoms. The first-order chi connectivity index (χ1) is 17.5. The van der Waals surface area contributed by atoms with E-state index in [9.17, 15) is 22.4 Å². The SMILES string of the molecule is CC(C(=O)NC1CCCC1)N(Cc1ccc(Cl)c(Cl)c1)C(=O)CCCN(c1ccc(F)cc1)S(C)(=O)=O. The van der Waals surface area contributed by atoms with Crippen LogP contribution in [0.5, 0.6) is 0 Å². The zero-order valence-corrected chi connectivity index (χ0v) is 23.3. The van der Waals surface area contributed by atoms with Gasteiger partial charge in [-0.25, -0.2) is 12.8 Å². The molecule has 2 aromatic rings. The van der Waals surface area contributed by atoms with E-state index in [1.165, 1.54) is 29.2 Å². The number of carbonyl (C=O) groups is 2. The number of nitrogens with zero attached hydrogens (tertiary/aromatic N) is 2. The molecule has 1 atom stereocenters. The zero-order valence-electron chi connectivity index (χ0n) is 20.9. The van der Waals surface area contributed by atoms with Crippen molar-refractivity contribution in [2.45, 2.75) is 64.1 Å². The molecule has 1 N–H and O–H groups in total. The predicted octanol–water partition coefficient (Wildman–Crippen LogP) is 5.15. The molecule has 0 radical (unpaired) electrons. The molecule has 7 nitrogen and oxygen atoms in total. The molecule has 0 saturated heterocycles. The molecule has 1 fully saturated rings. The lowest BCUT2D eigenvalue weighted by molar-refractivity contribution is -0.141. The molecule has 2 amide bonds. The number of anilines is 1. The normalized spacial score (nSPS) is 14.8. The van der Waals surface area contributed by atoms with Crippen LogP contribution in [0.2, 0.25) is 10.0 Å². The first kappa shape index (κ1) is 29.2. The maximum absolute atomic E-state index is 13.4. The lowest BCUT2D eigenvalue weighted by Crippen LogP contribution is -2.49. The van der Waals surface area contributed by atoms with Gasteiger partial charge in [0.15, 0.2) is 0 Å². The number of benzene rings is 2. The van der Waals surface area contributed by atoms with Crippen LogP contribution >= 0.6 is 23.2 Å². The van der Waals surface area contributed by atoms with Crippen molar-refractivity contribution in [3.8, 4) is 0 Å². The summed E-state index contributed by atoms with van der Waals surface area (Å²) < 4.78 is 39.2. The number of amides is 2. The summed E-state index contributed by atoms with van der Waals surface area (Å²) in [6.45, 7) is 1.85. The molecule has 1 saturated carbocycles.